The minimum atomic E-state index is -0.0582. The topological polar surface area (TPSA) is 66.9 Å². The molecule has 0 aliphatic heterocycles. The summed E-state index contributed by atoms with van der Waals surface area (Å²) in [5.74, 6) is 0.240. The molecule has 128 valence electrons. The molecule has 1 aromatic heterocycles. The van der Waals surface area contributed by atoms with Crippen LogP contribution in [-0.2, 0) is 4.79 Å². The van der Waals surface area contributed by atoms with Gasteiger partial charge in [-0.3, -0.25) is 4.79 Å². The first-order chi connectivity index (χ1) is 12.1. The summed E-state index contributed by atoms with van der Waals surface area (Å²) in [6.07, 6.45) is 0. The standard InChI is InChI=1S/C18H18N4OS2/c1-12-3-7-14(8-4-12)19-16(23)11-24-18-22-21-17(25-18)20-15-9-5-13(2)6-10-15/h3-10H,11H2,1-2H3,(H,19,23)(H,20,21). The minimum Gasteiger partial charge on any atom is -0.330 e. The number of thioether (sulfide) groups is 1. The number of benzene rings is 2. The van der Waals surface area contributed by atoms with Crippen LogP contribution in [0.4, 0.5) is 16.5 Å². The zero-order valence-corrected chi connectivity index (χ0v) is 15.6. The smallest absolute Gasteiger partial charge is 0.234 e. The van der Waals surface area contributed by atoms with Crippen molar-refractivity contribution in [1.29, 1.82) is 0 Å². The van der Waals surface area contributed by atoms with Crippen molar-refractivity contribution in [2.24, 2.45) is 0 Å². The summed E-state index contributed by atoms with van der Waals surface area (Å²) < 4.78 is 0.758. The van der Waals surface area contributed by atoms with Crippen molar-refractivity contribution in [3.8, 4) is 0 Å². The number of anilines is 3. The molecule has 2 N–H and O–H groups in total. The first-order valence-electron chi connectivity index (χ1n) is 7.75. The molecule has 5 nitrogen and oxygen atoms in total. The lowest BCUT2D eigenvalue weighted by Crippen LogP contribution is -2.13. The van der Waals surface area contributed by atoms with E-state index in [-0.39, 0.29) is 5.91 Å². The number of rotatable bonds is 6. The minimum absolute atomic E-state index is 0.0582. The van der Waals surface area contributed by atoms with Crippen LogP contribution in [-0.4, -0.2) is 21.9 Å². The normalized spacial score (nSPS) is 10.5. The molecule has 1 heterocycles. The van der Waals surface area contributed by atoms with E-state index in [4.69, 9.17) is 0 Å². The number of nitrogens with zero attached hydrogens (tertiary/aromatic N) is 2. The summed E-state index contributed by atoms with van der Waals surface area (Å²) in [5, 5.41) is 15.0. The second-order valence-electron chi connectivity index (χ2n) is 5.57. The summed E-state index contributed by atoms with van der Waals surface area (Å²) >= 11 is 2.81. The predicted molar refractivity (Wildman–Crippen MR) is 105 cm³/mol. The van der Waals surface area contributed by atoms with Crippen molar-refractivity contribution < 1.29 is 4.79 Å². The lowest BCUT2D eigenvalue weighted by Gasteiger charge is -2.04. The van der Waals surface area contributed by atoms with Gasteiger partial charge in [0, 0.05) is 11.4 Å². The number of carbonyl (C=O) groups is 1. The number of carbonyl (C=O) groups excluding carboxylic acids is 1. The number of amides is 1. The predicted octanol–water partition coefficient (Wildman–Crippen LogP) is 4.63. The molecule has 0 aliphatic rings. The summed E-state index contributed by atoms with van der Waals surface area (Å²) in [5.41, 5.74) is 4.14. The molecule has 0 radical (unpaired) electrons. The second kappa shape index (κ2) is 8.13. The maximum absolute atomic E-state index is 12.0. The third kappa shape index (κ3) is 5.30. The summed E-state index contributed by atoms with van der Waals surface area (Å²) in [4.78, 5) is 12.0. The van der Waals surface area contributed by atoms with Crippen molar-refractivity contribution in [2.45, 2.75) is 18.2 Å². The maximum atomic E-state index is 12.0. The first kappa shape index (κ1) is 17.4. The van der Waals surface area contributed by atoms with E-state index < -0.39 is 0 Å². The molecular formula is C18H18N4OS2. The molecule has 0 saturated heterocycles. The van der Waals surface area contributed by atoms with E-state index in [9.17, 15) is 4.79 Å². The van der Waals surface area contributed by atoms with Gasteiger partial charge in [0.15, 0.2) is 4.34 Å². The maximum Gasteiger partial charge on any atom is 0.234 e. The highest BCUT2D eigenvalue weighted by atomic mass is 32.2. The highest BCUT2D eigenvalue weighted by Gasteiger charge is 2.09. The Kier molecular flexibility index (Phi) is 5.67. The zero-order valence-electron chi connectivity index (χ0n) is 13.9. The zero-order chi connectivity index (χ0) is 17.6. The van der Waals surface area contributed by atoms with Gasteiger partial charge in [-0.05, 0) is 38.1 Å². The monoisotopic (exact) mass is 370 g/mol. The van der Waals surface area contributed by atoms with E-state index >= 15 is 0 Å². The fourth-order valence-corrected chi connectivity index (χ4v) is 3.61. The van der Waals surface area contributed by atoms with Gasteiger partial charge in [0.2, 0.25) is 11.0 Å². The van der Waals surface area contributed by atoms with Crippen molar-refractivity contribution in [1.82, 2.24) is 10.2 Å². The van der Waals surface area contributed by atoms with Crippen LogP contribution in [0.1, 0.15) is 11.1 Å². The lowest BCUT2D eigenvalue weighted by molar-refractivity contribution is -0.113. The molecule has 1 amide bonds. The summed E-state index contributed by atoms with van der Waals surface area (Å²) in [6.45, 7) is 4.06. The van der Waals surface area contributed by atoms with Crippen LogP contribution in [0.3, 0.4) is 0 Å². The molecule has 0 atom stereocenters. The molecule has 0 fully saturated rings. The van der Waals surface area contributed by atoms with E-state index in [1.165, 1.54) is 28.7 Å². The van der Waals surface area contributed by atoms with E-state index in [1.54, 1.807) is 0 Å². The molecule has 25 heavy (non-hydrogen) atoms. The van der Waals surface area contributed by atoms with Gasteiger partial charge in [-0.1, -0.05) is 58.5 Å². The number of nitrogens with one attached hydrogen (secondary N) is 2. The Morgan fingerprint density at radius 1 is 0.960 bits per heavy atom. The molecule has 7 heteroatoms. The van der Waals surface area contributed by atoms with Crippen molar-refractivity contribution in [3.05, 3.63) is 59.7 Å². The molecule has 0 spiro atoms. The van der Waals surface area contributed by atoms with E-state index in [2.05, 4.69) is 20.8 Å². The van der Waals surface area contributed by atoms with E-state index in [0.717, 1.165) is 21.3 Å². The second-order valence-corrected chi connectivity index (χ2v) is 7.77. The Morgan fingerprint density at radius 3 is 2.20 bits per heavy atom. The van der Waals surface area contributed by atoms with Gasteiger partial charge in [0.25, 0.3) is 0 Å². The Hall–Kier alpha value is -2.38. The molecule has 0 unspecified atom stereocenters. The van der Waals surface area contributed by atoms with Crippen molar-refractivity contribution >= 4 is 45.5 Å². The quantitative estimate of drug-likeness (QED) is 0.619. The van der Waals surface area contributed by atoms with Crippen LogP contribution in [0.25, 0.3) is 0 Å². The van der Waals surface area contributed by atoms with Gasteiger partial charge in [0.1, 0.15) is 0 Å². The average Bonchev–Trinajstić information content (AvgIpc) is 3.05. The van der Waals surface area contributed by atoms with Gasteiger partial charge >= 0.3 is 0 Å². The van der Waals surface area contributed by atoms with Crippen LogP contribution in [0.2, 0.25) is 0 Å². The Labute approximate surface area is 154 Å². The van der Waals surface area contributed by atoms with Crippen LogP contribution in [0.5, 0.6) is 0 Å². The molecule has 0 saturated carbocycles. The fraction of sp³-hybridized carbons (Fsp3) is 0.167. The van der Waals surface area contributed by atoms with Gasteiger partial charge in [0.05, 0.1) is 5.75 Å². The lowest BCUT2D eigenvalue weighted by atomic mass is 10.2. The molecule has 3 aromatic rings. The van der Waals surface area contributed by atoms with Crippen LogP contribution < -0.4 is 10.6 Å². The Balaban J connectivity index is 1.50. The first-order valence-corrected chi connectivity index (χ1v) is 9.55. The largest absolute Gasteiger partial charge is 0.330 e. The molecular weight excluding hydrogens is 352 g/mol. The van der Waals surface area contributed by atoms with Gasteiger partial charge in [-0.15, -0.1) is 10.2 Å². The highest BCUT2D eigenvalue weighted by Crippen LogP contribution is 2.27. The number of hydrogen-bond acceptors (Lipinski definition) is 6. The molecule has 0 bridgehead atoms. The third-order valence-corrected chi connectivity index (χ3v) is 5.34. The van der Waals surface area contributed by atoms with Gasteiger partial charge < -0.3 is 10.6 Å². The van der Waals surface area contributed by atoms with Crippen molar-refractivity contribution in [2.75, 3.05) is 16.4 Å². The Morgan fingerprint density at radius 2 is 1.56 bits per heavy atom. The summed E-state index contributed by atoms with van der Waals surface area (Å²) in [6, 6.07) is 15.8. The average molecular weight is 371 g/mol. The third-order valence-electron chi connectivity index (χ3n) is 3.37. The number of hydrogen-bond donors (Lipinski definition) is 2. The highest BCUT2D eigenvalue weighted by molar-refractivity contribution is 8.01. The van der Waals surface area contributed by atoms with E-state index in [1.807, 2.05) is 62.4 Å². The van der Waals surface area contributed by atoms with Gasteiger partial charge in [-0.25, -0.2) is 0 Å². The SMILES string of the molecule is Cc1ccc(NC(=O)CSc2nnc(Nc3ccc(C)cc3)s2)cc1. The van der Waals surface area contributed by atoms with E-state index in [0.29, 0.717) is 10.9 Å². The van der Waals surface area contributed by atoms with Crippen molar-refractivity contribution in [3.63, 3.8) is 0 Å². The summed E-state index contributed by atoms with van der Waals surface area (Å²) in [7, 11) is 0. The molecule has 0 aliphatic carbocycles. The fourth-order valence-electron chi connectivity index (χ4n) is 2.04. The Bertz CT molecular complexity index is 844. The number of aromatic nitrogens is 2. The van der Waals surface area contributed by atoms with Crippen LogP contribution >= 0.6 is 23.1 Å². The van der Waals surface area contributed by atoms with Crippen LogP contribution in [0, 0.1) is 13.8 Å². The number of aryl methyl sites for hydroxylation is 2. The molecule has 2 aromatic carbocycles. The molecule has 3 rings (SSSR count). The van der Waals surface area contributed by atoms with Crippen LogP contribution in [0.15, 0.2) is 52.9 Å². The van der Waals surface area contributed by atoms with Gasteiger partial charge in [-0.2, -0.15) is 0 Å².